The zero-order chi connectivity index (χ0) is 17.6. The Morgan fingerprint density at radius 1 is 0.962 bits per heavy atom. The number of furan rings is 1. The predicted octanol–water partition coefficient (Wildman–Crippen LogP) is 2.56. The first-order valence-corrected chi connectivity index (χ1v) is 9.55. The average Bonchev–Trinajstić information content (AvgIpc) is 3.35. The van der Waals surface area contributed by atoms with Crippen molar-refractivity contribution in [2.75, 3.05) is 0 Å². The number of hydrogen-bond acceptors (Lipinski definition) is 4. The molecule has 0 bridgehead atoms. The lowest BCUT2D eigenvalue weighted by Crippen LogP contribution is -3.08. The minimum Gasteiger partial charge on any atom is -0.463 e. The highest BCUT2D eigenvalue weighted by molar-refractivity contribution is 5.13. The van der Waals surface area contributed by atoms with E-state index in [0.29, 0.717) is 6.04 Å². The molecule has 0 saturated heterocycles. The van der Waals surface area contributed by atoms with Crippen LogP contribution >= 0.6 is 0 Å². The van der Waals surface area contributed by atoms with Crippen LogP contribution in [0.25, 0.3) is 0 Å². The van der Waals surface area contributed by atoms with Crippen LogP contribution in [0.15, 0.2) is 53.1 Å². The molecule has 1 unspecified atom stereocenters. The summed E-state index contributed by atoms with van der Waals surface area (Å²) in [6.45, 7) is 2.53. The molecule has 1 aliphatic rings. The van der Waals surface area contributed by atoms with E-state index < -0.39 is 0 Å². The van der Waals surface area contributed by atoms with Crippen LogP contribution in [-0.2, 0) is 19.6 Å². The third-order valence-corrected chi connectivity index (χ3v) is 5.19. The molecule has 0 spiro atoms. The van der Waals surface area contributed by atoms with E-state index in [-0.39, 0.29) is 0 Å². The Hall–Kier alpha value is -2.47. The summed E-state index contributed by atoms with van der Waals surface area (Å²) < 4.78 is 7.66. The van der Waals surface area contributed by atoms with Gasteiger partial charge in [0, 0.05) is 5.56 Å². The lowest BCUT2D eigenvalue weighted by atomic mass is 9.95. The number of nitrogens with one attached hydrogen (secondary N) is 1. The summed E-state index contributed by atoms with van der Waals surface area (Å²) in [5.41, 5.74) is 1.31. The Balaban J connectivity index is 1.51. The fourth-order valence-electron chi connectivity index (χ4n) is 3.89. The second kappa shape index (κ2) is 8.27. The minimum absolute atomic E-state index is 0.454. The number of hydrogen-bond donors (Lipinski definition) is 1. The van der Waals surface area contributed by atoms with E-state index in [1.165, 1.54) is 42.6 Å². The maximum absolute atomic E-state index is 5.59. The Labute approximate surface area is 153 Å². The van der Waals surface area contributed by atoms with E-state index in [2.05, 4.69) is 50.5 Å². The van der Waals surface area contributed by atoms with Gasteiger partial charge in [0.15, 0.2) is 5.76 Å². The summed E-state index contributed by atoms with van der Waals surface area (Å²) in [6, 6.07) is 15.0. The zero-order valence-corrected chi connectivity index (χ0v) is 15.1. The Kier molecular flexibility index (Phi) is 5.40. The molecule has 0 amide bonds. The molecular formula is C20H26N5O+. The number of quaternary nitrogens is 1. The smallest absolute Gasteiger partial charge is 0.206 e. The van der Waals surface area contributed by atoms with Crippen LogP contribution < -0.4 is 4.90 Å². The largest absolute Gasteiger partial charge is 0.463 e. The van der Waals surface area contributed by atoms with E-state index in [1.807, 2.05) is 12.1 Å². The second-order valence-corrected chi connectivity index (χ2v) is 7.18. The highest BCUT2D eigenvalue weighted by Crippen LogP contribution is 2.27. The highest BCUT2D eigenvalue weighted by Gasteiger charge is 2.23. The van der Waals surface area contributed by atoms with Crippen LogP contribution in [0, 0.1) is 0 Å². The van der Waals surface area contributed by atoms with Gasteiger partial charge in [-0.15, -0.1) is 5.10 Å². The van der Waals surface area contributed by atoms with Gasteiger partial charge in [0.25, 0.3) is 0 Å². The van der Waals surface area contributed by atoms with E-state index in [1.54, 1.807) is 6.26 Å². The number of benzene rings is 1. The molecule has 0 radical (unpaired) electrons. The quantitative estimate of drug-likeness (QED) is 0.710. The lowest BCUT2D eigenvalue weighted by Gasteiger charge is -2.23. The van der Waals surface area contributed by atoms with Crippen LogP contribution in [0.2, 0.25) is 0 Å². The molecule has 6 nitrogen and oxygen atoms in total. The van der Waals surface area contributed by atoms with Crippen LogP contribution in [-0.4, -0.2) is 20.2 Å². The predicted molar refractivity (Wildman–Crippen MR) is 97.2 cm³/mol. The second-order valence-electron chi connectivity index (χ2n) is 7.18. The van der Waals surface area contributed by atoms with Gasteiger partial charge in [0.2, 0.25) is 5.82 Å². The first-order chi connectivity index (χ1) is 12.9. The molecule has 6 heteroatoms. The molecule has 1 fully saturated rings. The molecule has 3 aromatic rings. The van der Waals surface area contributed by atoms with E-state index in [4.69, 9.17) is 4.42 Å². The van der Waals surface area contributed by atoms with Gasteiger partial charge in [-0.1, -0.05) is 49.6 Å². The van der Waals surface area contributed by atoms with E-state index in [0.717, 1.165) is 31.2 Å². The summed E-state index contributed by atoms with van der Waals surface area (Å²) in [7, 11) is 0. The number of rotatable bonds is 7. The maximum atomic E-state index is 5.59. The topological polar surface area (TPSA) is 61.2 Å². The molecule has 2 aromatic heterocycles. The average molecular weight is 352 g/mol. The van der Waals surface area contributed by atoms with Crippen molar-refractivity contribution in [2.24, 2.45) is 0 Å². The van der Waals surface area contributed by atoms with Crippen molar-refractivity contribution >= 4 is 0 Å². The van der Waals surface area contributed by atoms with Crippen molar-refractivity contribution in [3.63, 3.8) is 0 Å². The van der Waals surface area contributed by atoms with Crippen molar-refractivity contribution in [2.45, 2.75) is 57.8 Å². The van der Waals surface area contributed by atoms with Crippen LogP contribution in [0.5, 0.6) is 0 Å². The van der Waals surface area contributed by atoms with Crippen molar-refractivity contribution in [1.82, 2.24) is 20.2 Å². The lowest BCUT2D eigenvalue weighted by molar-refractivity contribution is -0.942. The molecule has 1 aromatic carbocycles. The highest BCUT2D eigenvalue weighted by atomic mass is 16.3. The monoisotopic (exact) mass is 352 g/mol. The number of tetrazole rings is 1. The van der Waals surface area contributed by atoms with Gasteiger partial charge in [-0.3, -0.25) is 0 Å². The van der Waals surface area contributed by atoms with Gasteiger partial charge in [0.05, 0.1) is 12.3 Å². The van der Waals surface area contributed by atoms with Crippen LogP contribution in [0.3, 0.4) is 0 Å². The fourth-order valence-corrected chi connectivity index (χ4v) is 3.89. The summed E-state index contributed by atoms with van der Waals surface area (Å²) in [4.78, 5) is 1.37. The SMILES string of the molecule is c1ccc(C[NH+](Cc2ccco2)Cc2nnnn2C2CCCCC2)cc1. The normalized spacial score (nSPS) is 16.6. The molecule has 0 aliphatic heterocycles. The van der Waals surface area contributed by atoms with Crippen molar-refractivity contribution in [3.8, 4) is 0 Å². The number of nitrogens with zero attached hydrogens (tertiary/aromatic N) is 4. The molecule has 26 heavy (non-hydrogen) atoms. The Morgan fingerprint density at radius 2 is 1.81 bits per heavy atom. The molecule has 136 valence electrons. The third kappa shape index (κ3) is 4.19. The summed E-state index contributed by atoms with van der Waals surface area (Å²) in [6.07, 6.45) is 7.99. The summed E-state index contributed by atoms with van der Waals surface area (Å²) in [5, 5.41) is 12.6. The molecule has 4 rings (SSSR count). The van der Waals surface area contributed by atoms with Crippen molar-refractivity contribution in [3.05, 3.63) is 65.9 Å². The van der Waals surface area contributed by atoms with E-state index in [9.17, 15) is 0 Å². The van der Waals surface area contributed by atoms with E-state index >= 15 is 0 Å². The molecule has 2 heterocycles. The molecule has 1 N–H and O–H groups in total. The van der Waals surface area contributed by atoms with Gasteiger partial charge in [0.1, 0.15) is 19.6 Å². The fraction of sp³-hybridized carbons (Fsp3) is 0.450. The molecule has 1 saturated carbocycles. The van der Waals surface area contributed by atoms with Crippen molar-refractivity contribution < 1.29 is 9.32 Å². The third-order valence-electron chi connectivity index (χ3n) is 5.19. The van der Waals surface area contributed by atoms with Gasteiger partial charge in [-0.2, -0.15) is 0 Å². The van der Waals surface area contributed by atoms with Gasteiger partial charge in [-0.05, 0) is 35.4 Å². The van der Waals surface area contributed by atoms with Gasteiger partial charge >= 0.3 is 0 Å². The number of aromatic nitrogens is 4. The summed E-state index contributed by atoms with van der Waals surface area (Å²) in [5.74, 6) is 1.97. The first kappa shape index (κ1) is 17.0. The maximum Gasteiger partial charge on any atom is 0.206 e. The molecule has 1 aliphatic carbocycles. The first-order valence-electron chi connectivity index (χ1n) is 9.55. The van der Waals surface area contributed by atoms with Gasteiger partial charge in [-0.25, -0.2) is 4.68 Å². The standard InChI is InChI=1S/C20H25N5O/c1-3-8-17(9-4-1)14-24(15-19-12-7-13-26-19)16-20-21-22-23-25(20)18-10-5-2-6-11-18/h1,3-4,7-9,12-13,18H,2,5-6,10-11,14-16H2/p+1. The van der Waals surface area contributed by atoms with Crippen LogP contribution in [0.4, 0.5) is 0 Å². The molecule has 1 atom stereocenters. The minimum atomic E-state index is 0.454. The Bertz CT molecular complexity index is 778. The molecular weight excluding hydrogens is 326 g/mol. The van der Waals surface area contributed by atoms with Crippen molar-refractivity contribution in [1.29, 1.82) is 0 Å². The Morgan fingerprint density at radius 3 is 2.58 bits per heavy atom. The van der Waals surface area contributed by atoms with Crippen LogP contribution in [0.1, 0.15) is 55.3 Å². The zero-order valence-electron chi connectivity index (χ0n) is 15.1. The van der Waals surface area contributed by atoms with Gasteiger partial charge < -0.3 is 9.32 Å². The summed E-state index contributed by atoms with van der Waals surface area (Å²) >= 11 is 0.